The van der Waals surface area contributed by atoms with Gasteiger partial charge in [0.25, 0.3) is 0 Å². The van der Waals surface area contributed by atoms with E-state index in [1.54, 1.807) is 30.9 Å². The third kappa shape index (κ3) is 3.17. The third-order valence-electron chi connectivity index (χ3n) is 4.19. The Labute approximate surface area is 150 Å². The van der Waals surface area contributed by atoms with Crippen LogP contribution in [0.2, 0.25) is 0 Å². The van der Waals surface area contributed by atoms with Gasteiger partial charge < -0.3 is 9.55 Å². The lowest BCUT2D eigenvalue weighted by Gasteiger charge is -2.11. The molecule has 1 N–H and O–H groups in total. The first-order valence-corrected chi connectivity index (χ1v) is 8.27. The second-order valence-corrected chi connectivity index (χ2v) is 6.06. The van der Waals surface area contributed by atoms with Gasteiger partial charge in [-0.15, -0.1) is 0 Å². The van der Waals surface area contributed by atoms with Crippen LogP contribution in [0.4, 0.5) is 0 Å². The molecule has 0 unspecified atom stereocenters. The van der Waals surface area contributed by atoms with Gasteiger partial charge in [-0.1, -0.05) is 6.07 Å². The Balaban J connectivity index is 1.64. The predicted molar refractivity (Wildman–Crippen MR) is 99.6 cm³/mol. The molecule has 128 valence electrons. The summed E-state index contributed by atoms with van der Waals surface area (Å²) in [5.41, 5.74) is 5.46. The molecule has 0 aliphatic carbocycles. The summed E-state index contributed by atoms with van der Waals surface area (Å²) in [6, 6.07) is 9.54. The Hall–Kier alpha value is -3.54. The molecule has 0 saturated carbocycles. The molecule has 4 rings (SSSR count). The number of hydrogen-bond acceptors (Lipinski definition) is 4. The van der Waals surface area contributed by atoms with E-state index in [-0.39, 0.29) is 5.56 Å². The highest BCUT2D eigenvalue weighted by atomic mass is 16.1. The van der Waals surface area contributed by atoms with Crippen LogP contribution in [0, 0.1) is 6.92 Å². The number of H-pyrrole nitrogens is 1. The average Bonchev–Trinajstić information content (AvgIpc) is 3.11. The number of aryl methyl sites for hydroxylation is 1. The lowest BCUT2D eigenvalue weighted by Crippen LogP contribution is -2.05. The maximum absolute atomic E-state index is 11.5. The molecule has 26 heavy (non-hydrogen) atoms. The Kier molecular flexibility index (Phi) is 4.15. The van der Waals surface area contributed by atoms with Gasteiger partial charge in [0.05, 0.1) is 17.6 Å². The molecule has 4 heterocycles. The van der Waals surface area contributed by atoms with E-state index < -0.39 is 0 Å². The van der Waals surface area contributed by atoms with Crippen molar-refractivity contribution in [2.75, 3.05) is 0 Å². The van der Waals surface area contributed by atoms with Crippen molar-refractivity contribution in [1.29, 1.82) is 0 Å². The zero-order valence-electron chi connectivity index (χ0n) is 14.3. The van der Waals surface area contributed by atoms with Crippen LogP contribution in [0.25, 0.3) is 22.6 Å². The number of nitrogens with zero attached hydrogens (tertiary/aromatic N) is 4. The van der Waals surface area contributed by atoms with Gasteiger partial charge in [0.1, 0.15) is 5.69 Å². The lowest BCUT2D eigenvalue weighted by atomic mass is 10.1. The SMILES string of the molecule is Cc1cc(Cn2cccc2-c2cnccn2)cnc1-c1cc[nH]c(=O)c1. The summed E-state index contributed by atoms with van der Waals surface area (Å²) in [5.74, 6) is 0. The standard InChI is InChI=1S/C20H17N5O/c1-14-9-15(11-24-20(14)16-4-5-23-19(26)10-16)13-25-8-2-3-18(25)17-12-21-6-7-22-17/h2-12H,13H2,1H3,(H,23,26). The van der Waals surface area contributed by atoms with Crippen LogP contribution >= 0.6 is 0 Å². The number of nitrogens with one attached hydrogen (secondary N) is 1. The summed E-state index contributed by atoms with van der Waals surface area (Å²) in [6.07, 6.45) is 10.6. The molecule has 0 spiro atoms. The van der Waals surface area contributed by atoms with Crippen LogP contribution in [0.1, 0.15) is 11.1 Å². The molecule has 0 aromatic carbocycles. The smallest absolute Gasteiger partial charge is 0.248 e. The first-order valence-electron chi connectivity index (χ1n) is 8.27. The fourth-order valence-corrected chi connectivity index (χ4v) is 3.03. The molecule has 6 nitrogen and oxygen atoms in total. The summed E-state index contributed by atoms with van der Waals surface area (Å²) >= 11 is 0. The van der Waals surface area contributed by atoms with Crippen LogP contribution in [-0.2, 0) is 6.54 Å². The normalized spacial score (nSPS) is 10.8. The summed E-state index contributed by atoms with van der Waals surface area (Å²) in [5, 5.41) is 0. The number of hydrogen-bond donors (Lipinski definition) is 1. The van der Waals surface area contributed by atoms with E-state index >= 15 is 0 Å². The van der Waals surface area contributed by atoms with Crippen molar-refractivity contribution in [2.24, 2.45) is 0 Å². The number of aromatic nitrogens is 5. The molecule has 0 radical (unpaired) electrons. The fourth-order valence-electron chi connectivity index (χ4n) is 3.03. The Morgan fingerprint density at radius 1 is 1.12 bits per heavy atom. The Bertz CT molecular complexity index is 1100. The predicted octanol–water partition coefficient (Wildman–Crippen LogP) is 3.05. The summed E-state index contributed by atoms with van der Waals surface area (Å²) in [6.45, 7) is 2.69. The summed E-state index contributed by atoms with van der Waals surface area (Å²) in [7, 11) is 0. The van der Waals surface area contributed by atoms with Gasteiger partial charge in [0.2, 0.25) is 5.56 Å². The number of pyridine rings is 2. The molecule has 0 aliphatic heterocycles. The second-order valence-electron chi connectivity index (χ2n) is 6.06. The highest BCUT2D eigenvalue weighted by molar-refractivity contribution is 5.62. The van der Waals surface area contributed by atoms with Crippen LogP contribution in [0.15, 0.2) is 72.3 Å². The molecule has 0 fully saturated rings. The van der Waals surface area contributed by atoms with Crippen molar-refractivity contribution in [2.45, 2.75) is 13.5 Å². The van der Waals surface area contributed by atoms with Gasteiger partial charge in [0.15, 0.2) is 0 Å². The van der Waals surface area contributed by atoms with Crippen LogP contribution in [-0.4, -0.2) is 24.5 Å². The monoisotopic (exact) mass is 343 g/mol. The van der Waals surface area contributed by atoms with Crippen molar-refractivity contribution < 1.29 is 0 Å². The largest absolute Gasteiger partial charge is 0.342 e. The van der Waals surface area contributed by atoms with E-state index in [4.69, 9.17) is 0 Å². The van der Waals surface area contributed by atoms with E-state index in [0.717, 1.165) is 33.8 Å². The van der Waals surface area contributed by atoms with Gasteiger partial charge in [-0.25, -0.2) is 0 Å². The highest BCUT2D eigenvalue weighted by Crippen LogP contribution is 2.22. The first kappa shape index (κ1) is 16.0. The fraction of sp³-hybridized carbons (Fsp3) is 0.100. The molecule has 4 aromatic heterocycles. The van der Waals surface area contributed by atoms with Crippen molar-refractivity contribution in [3.8, 4) is 22.6 Å². The molecule has 4 aromatic rings. The minimum absolute atomic E-state index is 0.131. The lowest BCUT2D eigenvalue weighted by molar-refractivity contribution is 0.805. The topological polar surface area (TPSA) is 76.5 Å². The molecular formula is C20H17N5O. The van der Waals surface area contributed by atoms with Gasteiger partial charge >= 0.3 is 0 Å². The van der Waals surface area contributed by atoms with Crippen molar-refractivity contribution in [1.82, 2.24) is 24.5 Å². The third-order valence-corrected chi connectivity index (χ3v) is 4.19. The van der Waals surface area contributed by atoms with Gasteiger partial charge in [-0.2, -0.15) is 0 Å². The van der Waals surface area contributed by atoms with Crippen molar-refractivity contribution in [3.63, 3.8) is 0 Å². The second kappa shape index (κ2) is 6.76. The van der Waals surface area contributed by atoms with Crippen molar-refractivity contribution in [3.05, 3.63) is 89.0 Å². The van der Waals surface area contributed by atoms with E-state index in [0.29, 0.717) is 6.54 Å². The first-order chi connectivity index (χ1) is 12.7. The minimum Gasteiger partial charge on any atom is -0.342 e. The zero-order valence-corrected chi connectivity index (χ0v) is 14.3. The van der Waals surface area contributed by atoms with E-state index in [2.05, 4.69) is 30.6 Å². The van der Waals surface area contributed by atoms with Gasteiger partial charge in [0, 0.05) is 49.2 Å². The Morgan fingerprint density at radius 3 is 2.81 bits per heavy atom. The maximum atomic E-state index is 11.5. The quantitative estimate of drug-likeness (QED) is 0.618. The van der Waals surface area contributed by atoms with Gasteiger partial charge in [-0.05, 0) is 36.2 Å². The number of rotatable bonds is 4. The molecule has 0 amide bonds. The molecule has 6 heteroatoms. The van der Waals surface area contributed by atoms with E-state index in [9.17, 15) is 4.79 Å². The summed E-state index contributed by atoms with van der Waals surface area (Å²) in [4.78, 5) is 27.2. The minimum atomic E-state index is -0.131. The Morgan fingerprint density at radius 2 is 2.04 bits per heavy atom. The molecule has 0 aliphatic rings. The van der Waals surface area contributed by atoms with Crippen molar-refractivity contribution >= 4 is 0 Å². The highest BCUT2D eigenvalue weighted by Gasteiger charge is 2.09. The van der Waals surface area contributed by atoms with E-state index in [1.807, 2.05) is 37.5 Å². The van der Waals surface area contributed by atoms with E-state index in [1.165, 1.54) is 0 Å². The van der Waals surface area contributed by atoms with Crippen LogP contribution in [0.5, 0.6) is 0 Å². The molecule has 0 bridgehead atoms. The van der Waals surface area contributed by atoms with Gasteiger partial charge in [-0.3, -0.25) is 19.7 Å². The maximum Gasteiger partial charge on any atom is 0.248 e. The molecule has 0 atom stereocenters. The summed E-state index contributed by atoms with van der Waals surface area (Å²) < 4.78 is 2.12. The average molecular weight is 343 g/mol. The zero-order chi connectivity index (χ0) is 17.9. The molecular weight excluding hydrogens is 326 g/mol. The van der Waals surface area contributed by atoms with Crippen LogP contribution in [0.3, 0.4) is 0 Å². The number of aromatic amines is 1. The van der Waals surface area contributed by atoms with Crippen LogP contribution < -0.4 is 5.56 Å². The molecule has 0 saturated heterocycles.